The predicted octanol–water partition coefficient (Wildman–Crippen LogP) is 2.69. The van der Waals surface area contributed by atoms with Crippen LogP contribution in [0, 0.1) is 0 Å². The molecule has 1 N–H and O–H groups in total. The van der Waals surface area contributed by atoms with Gasteiger partial charge in [0.1, 0.15) is 12.5 Å². The van der Waals surface area contributed by atoms with Crippen LogP contribution in [0.15, 0.2) is 60.7 Å². The van der Waals surface area contributed by atoms with Gasteiger partial charge in [0.15, 0.2) is 0 Å². The lowest BCUT2D eigenvalue weighted by atomic mass is 10.4. The van der Waals surface area contributed by atoms with Crippen molar-refractivity contribution in [1.29, 1.82) is 0 Å². The fraction of sp³-hybridized carbons (Fsp3) is 0.133. The van der Waals surface area contributed by atoms with Crippen LogP contribution in [-0.2, 0) is 9.36 Å². The zero-order valence-electron chi connectivity index (χ0n) is 10.6. The molecule has 2 rings (SSSR count). The number of carbonyl (C=O) groups is 1. The third-order valence-electron chi connectivity index (χ3n) is 3.03. The Kier molecular flexibility index (Phi) is 4.64. The zero-order chi connectivity index (χ0) is 14.6. The number of hydrogen-bond donors (Lipinski definition) is 1. The van der Waals surface area contributed by atoms with Crippen molar-refractivity contribution in [3.05, 3.63) is 60.7 Å². The van der Waals surface area contributed by atoms with Crippen molar-refractivity contribution in [1.82, 2.24) is 0 Å². The third-order valence-corrected chi connectivity index (χ3v) is 6.73. The molecular formula is C15H14ClO3P. The molecule has 1 atom stereocenters. The number of benzene rings is 2. The van der Waals surface area contributed by atoms with Crippen LogP contribution in [0.5, 0.6) is 0 Å². The van der Waals surface area contributed by atoms with Gasteiger partial charge in [-0.25, -0.2) is 0 Å². The van der Waals surface area contributed by atoms with Gasteiger partial charge in [0.05, 0.1) is 0 Å². The summed E-state index contributed by atoms with van der Waals surface area (Å²) in [5, 5.41) is 9.05. The standard InChI is InChI=1S/C15H14ClO3P/c16-14(15(17)18)11-20(19,12-7-3-1-4-8-12)13-9-5-2-6-10-13/h1-10,14H,11H2,(H,17,18). The normalized spacial score (nSPS) is 12.8. The summed E-state index contributed by atoms with van der Waals surface area (Å²) in [4.78, 5) is 11.0. The molecule has 2 aromatic rings. The summed E-state index contributed by atoms with van der Waals surface area (Å²) in [6.07, 6.45) is -0.0993. The van der Waals surface area contributed by atoms with Crippen molar-refractivity contribution in [3.8, 4) is 0 Å². The maximum absolute atomic E-state index is 13.4. The highest BCUT2D eigenvalue weighted by Gasteiger charge is 2.32. The van der Waals surface area contributed by atoms with Crippen LogP contribution in [0.1, 0.15) is 0 Å². The Hall–Kier alpha value is -1.57. The van der Waals surface area contributed by atoms with Crippen molar-refractivity contribution in [3.63, 3.8) is 0 Å². The molecule has 0 aliphatic carbocycles. The highest BCUT2D eigenvalue weighted by molar-refractivity contribution is 7.78. The number of carboxylic acids is 1. The number of rotatable bonds is 5. The summed E-state index contributed by atoms with van der Waals surface area (Å²) in [5.74, 6) is -1.15. The first-order chi connectivity index (χ1) is 9.54. The van der Waals surface area contributed by atoms with E-state index in [0.717, 1.165) is 0 Å². The van der Waals surface area contributed by atoms with Crippen molar-refractivity contribution >= 4 is 35.3 Å². The van der Waals surface area contributed by atoms with Gasteiger partial charge in [-0.1, -0.05) is 60.7 Å². The van der Waals surface area contributed by atoms with Crippen molar-refractivity contribution in [2.45, 2.75) is 5.38 Å². The van der Waals surface area contributed by atoms with E-state index in [1.54, 1.807) is 48.5 Å². The number of hydrogen-bond acceptors (Lipinski definition) is 2. The van der Waals surface area contributed by atoms with E-state index in [-0.39, 0.29) is 6.16 Å². The maximum Gasteiger partial charge on any atom is 0.322 e. The van der Waals surface area contributed by atoms with Gasteiger partial charge >= 0.3 is 5.97 Å². The van der Waals surface area contributed by atoms with Gasteiger partial charge in [-0.15, -0.1) is 11.6 Å². The molecule has 0 saturated heterocycles. The topological polar surface area (TPSA) is 54.4 Å². The van der Waals surface area contributed by atoms with Gasteiger partial charge in [-0.2, -0.15) is 0 Å². The van der Waals surface area contributed by atoms with E-state index >= 15 is 0 Å². The second-order valence-corrected chi connectivity index (χ2v) is 7.80. The monoisotopic (exact) mass is 308 g/mol. The first kappa shape index (κ1) is 14.8. The Morgan fingerprint density at radius 2 is 1.40 bits per heavy atom. The van der Waals surface area contributed by atoms with Crippen LogP contribution in [0.3, 0.4) is 0 Å². The van der Waals surface area contributed by atoms with Gasteiger partial charge in [0.2, 0.25) is 0 Å². The maximum atomic E-state index is 13.4. The number of halogens is 1. The molecule has 0 aliphatic rings. The molecule has 0 aromatic heterocycles. The molecule has 3 nitrogen and oxygen atoms in total. The van der Waals surface area contributed by atoms with Crippen molar-refractivity contribution in [2.75, 3.05) is 6.16 Å². The molecule has 0 heterocycles. The van der Waals surface area contributed by atoms with Crippen molar-refractivity contribution < 1.29 is 14.5 Å². The van der Waals surface area contributed by atoms with E-state index in [1.165, 1.54) is 0 Å². The second-order valence-electron chi connectivity index (χ2n) is 4.40. The van der Waals surface area contributed by atoms with E-state index in [9.17, 15) is 9.36 Å². The summed E-state index contributed by atoms with van der Waals surface area (Å²) >= 11 is 5.83. The summed E-state index contributed by atoms with van der Waals surface area (Å²) < 4.78 is 13.4. The molecule has 0 amide bonds. The molecule has 0 saturated carbocycles. The van der Waals surface area contributed by atoms with Crippen LogP contribution in [0.2, 0.25) is 0 Å². The van der Waals surface area contributed by atoms with Crippen LogP contribution in [0.4, 0.5) is 0 Å². The van der Waals surface area contributed by atoms with Gasteiger partial charge in [0.25, 0.3) is 0 Å². The predicted molar refractivity (Wildman–Crippen MR) is 81.9 cm³/mol. The Morgan fingerprint density at radius 1 is 1.00 bits per heavy atom. The van der Waals surface area contributed by atoms with E-state index in [1.807, 2.05) is 12.1 Å². The largest absolute Gasteiger partial charge is 0.480 e. The van der Waals surface area contributed by atoms with E-state index in [0.29, 0.717) is 10.6 Å². The quantitative estimate of drug-likeness (QED) is 0.682. The van der Waals surface area contributed by atoms with Gasteiger partial charge in [0, 0.05) is 16.8 Å². The first-order valence-corrected chi connectivity index (χ1v) is 8.44. The minimum absolute atomic E-state index is 0.0993. The van der Waals surface area contributed by atoms with Crippen LogP contribution >= 0.6 is 18.7 Å². The highest BCUT2D eigenvalue weighted by Crippen LogP contribution is 2.44. The summed E-state index contributed by atoms with van der Waals surface area (Å²) in [7, 11) is -3.05. The minimum atomic E-state index is -3.05. The molecule has 0 spiro atoms. The molecule has 20 heavy (non-hydrogen) atoms. The molecule has 5 heteroatoms. The smallest absolute Gasteiger partial charge is 0.322 e. The lowest BCUT2D eigenvalue weighted by molar-refractivity contribution is -0.136. The number of aliphatic carboxylic acids is 1. The van der Waals surface area contributed by atoms with E-state index in [2.05, 4.69) is 0 Å². The van der Waals surface area contributed by atoms with E-state index < -0.39 is 18.5 Å². The molecule has 0 aliphatic heterocycles. The molecule has 0 bridgehead atoms. The van der Waals surface area contributed by atoms with Gasteiger partial charge in [-0.05, 0) is 0 Å². The molecule has 104 valence electrons. The zero-order valence-corrected chi connectivity index (χ0v) is 12.3. The number of carboxylic acid groups (broad SMARTS) is 1. The summed E-state index contributed by atoms with van der Waals surface area (Å²) in [5.41, 5.74) is 0. The molecule has 2 aromatic carbocycles. The van der Waals surface area contributed by atoms with Gasteiger partial charge in [-0.3, -0.25) is 4.79 Å². The molecule has 1 unspecified atom stereocenters. The molecular weight excluding hydrogens is 295 g/mol. The molecule has 0 radical (unpaired) electrons. The van der Waals surface area contributed by atoms with Crippen LogP contribution < -0.4 is 10.6 Å². The highest BCUT2D eigenvalue weighted by atomic mass is 35.5. The Morgan fingerprint density at radius 3 is 1.75 bits per heavy atom. The summed E-state index contributed by atoms with van der Waals surface area (Å²) in [6.45, 7) is 0. The van der Waals surface area contributed by atoms with Gasteiger partial charge < -0.3 is 9.67 Å². The SMILES string of the molecule is O=C(O)C(Cl)CP(=O)(c1ccccc1)c1ccccc1. The first-order valence-electron chi connectivity index (χ1n) is 6.11. The lowest BCUT2D eigenvalue weighted by Crippen LogP contribution is -2.26. The van der Waals surface area contributed by atoms with E-state index in [4.69, 9.17) is 16.7 Å². The van der Waals surface area contributed by atoms with Crippen LogP contribution in [0.25, 0.3) is 0 Å². The second kappa shape index (κ2) is 6.25. The fourth-order valence-electron chi connectivity index (χ4n) is 2.00. The Balaban J connectivity index is 2.50. The lowest BCUT2D eigenvalue weighted by Gasteiger charge is -2.20. The Labute approximate surface area is 122 Å². The fourth-order valence-corrected chi connectivity index (χ4v) is 5.22. The minimum Gasteiger partial charge on any atom is -0.480 e. The number of alkyl halides is 1. The Bertz CT molecular complexity index is 585. The van der Waals surface area contributed by atoms with Crippen molar-refractivity contribution in [2.24, 2.45) is 0 Å². The summed E-state index contributed by atoms with van der Waals surface area (Å²) in [6, 6.07) is 17.8. The average molecular weight is 309 g/mol. The third kappa shape index (κ3) is 3.12. The van der Waals surface area contributed by atoms with Crippen LogP contribution in [-0.4, -0.2) is 22.6 Å². The average Bonchev–Trinajstić information content (AvgIpc) is 2.48. The molecule has 0 fully saturated rings.